The predicted octanol–water partition coefficient (Wildman–Crippen LogP) is 2.54. The van der Waals surface area contributed by atoms with Gasteiger partial charge in [-0.2, -0.15) is 0 Å². The maximum atomic E-state index is 5.21. The second-order valence-electron chi connectivity index (χ2n) is 5.40. The quantitative estimate of drug-likeness (QED) is 0.808. The largest absolute Gasteiger partial charge is 0.354 e. The molecule has 0 bridgehead atoms. The summed E-state index contributed by atoms with van der Waals surface area (Å²) in [5.74, 6) is 0. The number of nitrogens with zero attached hydrogens (tertiary/aromatic N) is 1. The summed E-state index contributed by atoms with van der Waals surface area (Å²) < 4.78 is 10.4. The van der Waals surface area contributed by atoms with Crippen LogP contribution in [-0.4, -0.2) is 31.5 Å². The standard InChI is InChI=1S/C13H24N2O2S/c1-9(11(16-5)17-6)14-7-10-8-18-12(15-10)13(2,3)4/h8-9,11,14H,7H2,1-6H3. The molecule has 0 fully saturated rings. The first-order chi connectivity index (χ1) is 8.38. The van der Waals surface area contributed by atoms with E-state index in [4.69, 9.17) is 9.47 Å². The summed E-state index contributed by atoms with van der Waals surface area (Å²) in [6, 6.07) is 0.125. The zero-order valence-corrected chi connectivity index (χ0v) is 12.9. The van der Waals surface area contributed by atoms with Gasteiger partial charge in [0.25, 0.3) is 0 Å². The van der Waals surface area contributed by atoms with Gasteiger partial charge >= 0.3 is 0 Å². The van der Waals surface area contributed by atoms with Crippen LogP contribution in [0.25, 0.3) is 0 Å². The summed E-state index contributed by atoms with van der Waals surface area (Å²) >= 11 is 1.71. The molecule has 0 radical (unpaired) electrons. The molecule has 1 rings (SSSR count). The average molecular weight is 272 g/mol. The van der Waals surface area contributed by atoms with Crippen molar-refractivity contribution in [1.29, 1.82) is 0 Å². The zero-order valence-electron chi connectivity index (χ0n) is 12.1. The molecule has 0 amide bonds. The van der Waals surface area contributed by atoms with Gasteiger partial charge in [-0.3, -0.25) is 0 Å². The second-order valence-corrected chi connectivity index (χ2v) is 6.26. The van der Waals surface area contributed by atoms with Crippen molar-refractivity contribution in [2.24, 2.45) is 0 Å². The highest BCUT2D eigenvalue weighted by Crippen LogP contribution is 2.25. The number of thiazole rings is 1. The van der Waals surface area contributed by atoms with E-state index in [0.717, 1.165) is 12.2 Å². The Morgan fingerprint density at radius 2 is 1.94 bits per heavy atom. The monoisotopic (exact) mass is 272 g/mol. The van der Waals surface area contributed by atoms with E-state index in [9.17, 15) is 0 Å². The SMILES string of the molecule is COC(OC)C(C)NCc1csc(C(C)(C)C)n1. The number of nitrogens with one attached hydrogen (secondary N) is 1. The van der Waals surface area contributed by atoms with Gasteiger partial charge < -0.3 is 14.8 Å². The molecule has 0 saturated carbocycles. The van der Waals surface area contributed by atoms with Crippen LogP contribution in [0.1, 0.15) is 38.4 Å². The number of methoxy groups -OCH3 is 2. The van der Waals surface area contributed by atoms with Crippen molar-refractivity contribution in [3.63, 3.8) is 0 Å². The summed E-state index contributed by atoms with van der Waals surface area (Å²) in [4.78, 5) is 4.64. The summed E-state index contributed by atoms with van der Waals surface area (Å²) in [6.45, 7) is 9.30. The molecule has 104 valence electrons. The Hall–Kier alpha value is -0.490. The lowest BCUT2D eigenvalue weighted by Gasteiger charge is -2.21. The molecule has 1 N–H and O–H groups in total. The minimum atomic E-state index is -0.231. The van der Waals surface area contributed by atoms with Gasteiger partial charge in [0.05, 0.1) is 16.7 Å². The fourth-order valence-corrected chi connectivity index (χ4v) is 2.51. The molecule has 1 aromatic heterocycles. The molecule has 0 aromatic carbocycles. The molecular weight excluding hydrogens is 248 g/mol. The van der Waals surface area contributed by atoms with Gasteiger partial charge in [-0.15, -0.1) is 11.3 Å². The molecular formula is C13H24N2O2S. The first-order valence-corrected chi connectivity index (χ1v) is 7.00. The predicted molar refractivity (Wildman–Crippen MR) is 74.9 cm³/mol. The van der Waals surface area contributed by atoms with Crippen molar-refractivity contribution in [3.05, 3.63) is 16.1 Å². The van der Waals surface area contributed by atoms with E-state index in [0.29, 0.717) is 0 Å². The van der Waals surface area contributed by atoms with Crippen LogP contribution in [0, 0.1) is 0 Å². The van der Waals surface area contributed by atoms with E-state index in [2.05, 4.69) is 36.5 Å². The molecule has 0 aliphatic carbocycles. The molecule has 0 saturated heterocycles. The summed E-state index contributed by atoms with van der Waals surface area (Å²) in [6.07, 6.45) is -0.231. The van der Waals surface area contributed by atoms with Gasteiger partial charge in [0.15, 0.2) is 6.29 Å². The highest BCUT2D eigenvalue weighted by atomic mass is 32.1. The van der Waals surface area contributed by atoms with Crippen molar-refractivity contribution in [3.8, 4) is 0 Å². The number of hydrogen-bond donors (Lipinski definition) is 1. The van der Waals surface area contributed by atoms with Gasteiger partial charge in [-0.05, 0) is 6.92 Å². The summed E-state index contributed by atoms with van der Waals surface area (Å²) in [5, 5.41) is 6.63. The summed E-state index contributed by atoms with van der Waals surface area (Å²) in [7, 11) is 3.29. The Morgan fingerprint density at radius 3 is 2.39 bits per heavy atom. The smallest absolute Gasteiger partial charge is 0.171 e. The molecule has 1 atom stereocenters. The van der Waals surface area contributed by atoms with E-state index < -0.39 is 0 Å². The fourth-order valence-electron chi connectivity index (χ4n) is 1.60. The van der Waals surface area contributed by atoms with Crippen molar-refractivity contribution in [2.75, 3.05) is 14.2 Å². The number of rotatable bonds is 6. The Bertz CT molecular complexity index is 356. The maximum absolute atomic E-state index is 5.21. The molecule has 18 heavy (non-hydrogen) atoms. The third-order valence-electron chi connectivity index (χ3n) is 2.67. The van der Waals surface area contributed by atoms with Gasteiger partial charge in [-0.1, -0.05) is 20.8 Å². The van der Waals surface area contributed by atoms with Crippen LogP contribution < -0.4 is 5.32 Å². The molecule has 0 aliphatic heterocycles. The topological polar surface area (TPSA) is 43.4 Å². The highest BCUT2D eigenvalue weighted by molar-refractivity contribution is 7.09. The maximum Gasteiger partial charge on any atom is 0.171 e. The Balaban J connectivity index is 2.51. The molecule has 5 heteroatoms. The number of aromatic nitrogens is 1. The number of hydrogen-bond acceptors (Lipinski definition) is 5. The molecule has 4 nitrogen and oxygen atoms in total. The van der Waals surface area contributed by atoms with Crippen LogP contribution in [0.15, 0.2) is 5.38 Å². The van der Waals surface area contributed by atoms with E-state index in [1.165, 1.54) is 5.01 Å². The van der Waals surface area contributed by atoms with Crippen molar-refractivity contribution < 1.29 is 9.47 Å². The van der Waals surface area contributed by atoms with E-state index >= 15 is 0 Å². The first kappa shape index (κ1) is 15.6. The highest BCUT2D eigenvalue weighted by Gasteiger charge is 2.19. The van der Waals surface area contributed by atoms with Crippen molar-refractivity contribution in [1.82, 2.24) is 10.3 Å². The second kappa shape index (κ2) is 6.61. The lowest BCUT2D eigenvalue weighted by Crippen LogP contribution is -2.39. The lowest BCUT2D eigenvalue weighted by atomic mass is 9.98. The molecule has 0 aliphatic rings. The average Bonchev–Trinajstić information content (AvgIpc) is 2.76. The normalized spacial score (nSPS) is 14.2. The minimum Gasteiger partial charge on any atom is -0.354 e. The van der Waals surface area contributed by atoms with Gasteiger partial charge in [0.1, 0.15) is 0 Å². The van der Waals surface area contributed by atoms with Crippen LogP contribution in [0.5, 0.6) is 0 Å². The van der Waals surface area contributed by atoms with Crippen molar-refractivity contribution >= 4 is 11.3 Å². The summed E-state index contributed by atoms with van der Waals surface area (Å²) in [5.41, 5.74) is 1.19. The lowest BCUT2D eigenvalue weighted by molar-refractivity contribution is -0.119. The van der Waals surface area contributed by atoms with Crippen LogP contribution in [0.4, 0.5) is 0 Å². The first-order valence-electron chi connectivity index (χ1n) is 6.12. The third-order valence-corrected chi connectivity index (χ3v) is 3.99. The van der Waals surface area contributed by atoms with E-state index in [1.54, 1.807) is 25.6 Å². The van der Waals surface area contributed by atoms with Gasteiger partial charge in [0, 0.05) is 31.6 Å². The van der Waals surface area contributed by atoms with Crippen molar-refractivity contribution in [2.45, 2.75) is 52.0 Å². The van der Waals surface area contributed by atoms with Crippen LogP contribution in [0.3, 0.4) is 0 Å². The Kier molecular flexibility index (Phi) is 5.72. The minimum absolute atomic E-state index is 0.121. The van der Waals surface area contributed by atoms with Gasteiger partial charge in [0.2, 0.25) is 0 Å². The third kappa shape index (κ3) is 4.31. The van der Waals surface area contributed by atoms with E-state index in [-0.39, 0.29) is 17.7 Å². The molecule has 1 heterocycles. The van der Waals surface area contributed by atoms with Crippen LogP contribution in [0.2, 0.25) is 0 Å². The Morgan fingerprint density at radius 1 is 1.33 bits per heavy atom. The van der Waals surface area contributed by atoms with Crippen LogP contribution in [-0.2, 0) is 21.4 Å². The molecule has 1 unspecified atom stereocenters. The number of ether oxygens (including phenoxy) is 2. The zero-order chi connectivity index (χ0) is 13.8. The van der Waals surface area contributed by atoms with E-state index in [1.807, 2.05) is 6.92 Å². The Labute approximate surface area is 114 Å². The fraction of sp³-hybridized carbons (Fsp3) is 0.769. The van der Waals surface area contributed by atoms with Gasteiger partial charge in [-0.25, -0.2) is 4.98 Å². The molecule has 0 spiro atoms. The molecule has 1 aromatic rings. The van der Waals surface area contributed by atoms with Crippen LogP contribution >= 0.6 is 11.3 Å².